The van der Waals surface area contributed by atoms with Crippen LogP contribution >= 0.6 is 11.6 Å². The maximum absolute atomic E-state index is 12.0. The van der Waals surface area contributed by atoms with E-state index in [-0.39, 0.29) is 11.4 Å². The van der Waals surface area contributed by atoms with E-state index < -0.39 is 5.60 Å². The van der Waals surface area contributed by atoms with Crippen molar-refractivity contribution < 1.29 is 9.53 Å². The first kappa shape index (κ1) is 14.2. The number of benzene rings is 1. The number of anilines is 1. The summed E-state index contributed by atoms with van der Waals surface area (Å²) < 4.78 is 5.39. The molecule has 3 nitrogen and oxygen atoms in total. The van der Waals surface area contributed by atoms with Crippen molar-refractivity contribution in [2.24, 2.45) is 0 Å². The lowest BCUT2D eigenvalue weighted by molar-refractivity contribution is -0.155. The Labute approximate surface area is 119 Å². The number of esters is 1. The fraction of sp³-hybridized carbons (Fsp3) is 0.533. The SMILES string of the molecule is CC(C)(C)OC(=O)CC1(c2ccc(Cl)c(N)c2)CC1. The molecule has 19 heavy (non-hydrogen) atoms. The van der Waals surface area contributed by atoms with Crippen LogP contribution in [0.2, 0.25) is 5.02 Å². The number of rotatable bonds is 3. The molecule has 2 rings (SSSR count). The molecule has 1 aliphatic carbocycles. The molecule has 0 atom stereocenters. The lowest BCUT2D eigenvalue weighted by atomic mass is 9.92. The summed E-state index contributed by atoms with van der Waals surface area (Å²) in [5, 5.41) is 0.553. The van der Waals surface area contributed by atoms with E-state index in [0.29, 0.717) is 17.1 Å². The molecule has 1 saturated carbocycles. The van der Waals surface area contributed by atoms with Crippen LogP contribution in [0.25, 0.3) is 0 Å². The number of hydrogen-bond acceptors (Lipinski definition) is 3. The molecule has 0 aliphatic heterocycles. The van der Waals surface area contributed by atoms with Gasteiger partial charge in [-0.1, -0.05) is 17.7 Å². The zero-order chi connectivity index (χ0) is 14.3. The van der Waals surface area contributed by atoms with Gasteiger partial charge >= 0.3 is 5.97 Å². The number of nitrogen functional groups attached to an aromatic ring is 1. The zero-order valence-electron chi connectivity index (χ0n) is 11.6. The van der Waals surface area contributed by atoms with Gasteiger partial charge in [0.05, 0.1) is 17.1 Å². The Bertz CT molecular complexity index is 501. The Morgan fingerprint density at radius 3 is 2.53 bits per heavy atom. The summed E-state index contributed by atoms with van der Waals surface area (Å²) in [6, 6.07) is 5.62. The first-order valence-electron chi connectivity index (χ1n) is 6.49. The fourth-order valence-corrected chi connectivity index (χ4v) is 2.36. The van der Waals surface area contributed by atoms with Crippen molar-refractivity contribution in [1.29, 1.82) is 0 Å². The first-order chi connectivity index (χ1) is 8.72. The third kappa shape index (κ3) is 3.41. The third-order valence-corrected chi connectivity index (χ3v) is 3.71. The molecular formula is C15H20ClNO2. The number of ether oxygens (including phenoxy) is 1. The lowest BCUT2D eigenvalue weighted by Gasteiger charge is -2.22. The van der Waals surface area contributed by atoms with E-state index in [2.05, 4.69) is 0 Å². The average Bonchev–Trinajstić information content (AvgIpc) is 3.00. The second kappa shape index (κ2) is 4.71. The Balaban J connectivity index is 2.11. The van der Waals surface area contributed by atoms with Gasteiger partial charge in [0.1, 0.15) is 5.60 Å². The number of carbonyl (C=O) groups excluding carboxylic acids is 1. The minimum absolute atomic E-state index is 0.0962. The van der Waals surface area contributed by atoms with Gasteiger partial charge in [0.25, 0.3) is 0 Å². The number of halogens is 1. The molecule has 1 aromatic rings. The van der Waals surface area contributed by atoms with Crippen LogP contribution in [0.4, 0.5) is 5.69 Å². The summed E-state index contributed by atoms with van der Waals surface area (Å²) >= 11 is 5.93. The van der Waals surface area contributed by atoms with E-state index in [0.717, 1.165) is 18.4 Å². The molecule has 104 valence electrons. The van der Waals surface area contributed by atoms with Crippen molar-refractivity contribution in [1.82, 2.24) is 0 Å². The van der Waals surface area contributed by atoms with Gasteiger partial charge in [-0.3, -0.25) is 4.79 Å². The van der Waals surface area contributed by atoms with E-state index in [1.807, 2.05) is 32.9 Å². The third-order valence-electron chi connectivity index (χ3n) is 3.36. The normalized spacial score (nSPS) is 17.1. The summed E-state index contributed by atoms with van der Waals surface area (Å²) in [6.45, 7) is 5.64. The van der Waals surface area contributed by atoms with Crippen molar-refractivity contribution in [3.8, 4) is 0 Å². The van der Waals surface area contributed by atoms with Gasteiger partial charge in [-0.2, -0.15) is 0 Å². The first-order valence-corrected chi connectivity index (χ1v) is 6.87. The van der Waals surface area contributed by atoms with E-state index in [1.165, 1.54) is 0 Å². The zero-order valence-corrected chi connectivity index (χ0v) is 12.4. The molecule has 0 bridgehead atoms. The molecule has 1 aliphatic rings. The summed E-state index contributed by atoms with van der Waals surface area (Å²) in [6.07, 6.45) is 2.39. The molecule has 0 spiro atoms. The summed E-state index contributed by atoms with van der Waals surface area (Å²) in [5.74, 6) is -0.154. The Hall–Kier alpha value is -1.22. The molecule has 0 saturated heterocycles. The maximum Gasteiger partial charge on any atom is 0.307 e. The largest absolute Gasteiger partial charge is 0.460 e. The summed E-state index contributed by atoms with van der Waals surface area (Å²) in [5.41, 5.74) is 6.94. The quantitative estimate of drug-likeness (QED) is 0.679. The van der Waals surface area contributed by atoms with Gasteiger partial charge < -0.3 is 10.5 Å². The molecule has 0 heterocycles. The minimum Gasteiger partial charge on any atom is -0.460 e. The molecule has 2 N–H and O–H groups in total. The maximum atomic E-state index is 12.0. The predicted molar refractivity (Wildman–Crippen MR) is 77.2 cm³/mol. The van der Waals surface area contributed by atoms with E-state index >= 15 is 0 Å². The highest BCUT2D eigenvalue weighted by Gasteiger charge is 2.46. The van der Waals surface area contributed by atoms with Crippen LogP contribution in [0.1, 0.15) is 45.6 Å². The molecule has 1 aromatic carbocycles. The Morgan fingerprint density at radius 2 is 2.05 bits per heavy atom. The highest BCUT2D eigenvalue weighted by molar-refractivity contribution is 6.33. The minimum atomic E-state index is -0.438. The van der Waals surface area contributed by atoms with Crippen LogP contribution in [-0.2, 0) is 14.9 Å². The topological polar surface area (TPSA) is 52.3 Å². The van der Waals surface area contributed by atoms with Crippen LogP contribution in [-0.4, -0.2) is 11.6 Å². The fourth-order valence-electron chi connectivity index (χ4n) is 2.25. The molecule has 0 aromatic heterocycles. The lowest BCUT2D eigenvalue weighted by Crippen LogP contribution is -2.26. The highest BCUT2D eigenvalue weighted by Crippen LogP contribution is 2.52. The van der Waals surface area contributed by atoms with Crippen LogP contribution in [0.3, 0.4) is 0 Å². The van der Waals surface area contributed by atoms with Gasteiger partial charge in [-0.25, -0.2) is 0 Å². The van der Waals surface area contributed by atoms with Crippen LogP contribution in [0.15, 0.2) is 18.2 Å². The van der Waals surface area contributed by atoms with Crippen molar-refractivity contribution in [3.05, 3.63) is 28.8 Å². The van der Waals surface area contributed by atoms with Gasteiger partial charge in [-0.05, 0) is 51.3 Å². The smallest absolute Gasteiger partial charge is 0.307 e. The van der Waals surface area contributed by atoms with E-state index in [9.17, 15) is 4.79 Å². The predicted octanol–water partition coefficient (Wildman–Crippen LogP) is 3.69. The van der Waals surface area contributed by atoms with Crippen molar-refractivity contribution in [2.75, 3.05) is 5.73 Å². The van der Waals surface area contributed by atoms with Crippen LogP contribution in [0.5, 0.6) is 0 Å². The standard InChI is InChI=1S/C15H20ClNO2/c1-14(2,3)19-13(18)9-15(6-7-15)10-4-5-11(16)12(17)8-10/h4-5,8H,6-7,9,17H2,1-3H3. The Morgan fingerprint density at radius 1 is 1.42 bits per heavy atom. The summed E-state index contributed by atoms with van der Waals surface area (Å²) in [7, 11) is 0. The molecule has 0 radical (unpaired) electrons. The number of nitrogens with two attached hydrogens (primary N) is 1. The molecule has 1 fully saturated rings. The number of carbonyl (C=O) groups is 1. The van der Waals surface area contributed by atoms with Crippen LogP contribution < -0.4 is 5.73 Å². The Kier molecular flexibility index (Phi) is 3.52. The van der Waals surface area contributed by atoms with Crippen LogP contribution in [0, 0.1) is 0 Å². The highest BCUT2D eigenvalue weighted by atomic mass is 35.5. The van der Waals surface area contributed by atoms with Crippen molar-refractivity contribution in [2.45, 2.75) is 51.0 Å². The van der Waals surface area contributed by atoms with Gasteiger partial charge in [0.2, 0.25) is 0 Å². The van der Waals surface area contributed by atoms with Crippen molar-refractivity contribution >= 4 is 23.3 Å². The van der Waals surface area contributed by atoms with E-state index in [4.69, 9.17) is 22.1 Å². The second-order valence-corrected chi connectivity index (χ2v) is 6.69. The average molecular weight is 282 g/mol. The molecule has 4 heteroatoms. The van der Waals surface area contributed by atoms with Gasteiger partial charge in [0, 0.05) is 5.41 Å². The molecule has 0 amide bonds. The second-order valence-electron chi connectivity index (χ2n) is 6.28. The molecule has 0 unspecified atom stereocenters. The van der Waals surface area contributed by atoms with Gasteiger partial charge in [0.15, 0.2) is 0 Å². The number of hydrogen-bond donors (Lipinski definition) is 1. The summed E-state index contributed by atoms with van der Waals surface area (Å²) in [4.78, 5) is 12.0. The molecular weight excluding hydrogens is 262 g/mol. The van der Waals surface area contributed by atoms with E-state index in [1.54, 1.807) is 6.07 Å². The van der Waals surface area contributed by atoms with Crippen molar-refractivity contribution in [3.63, 3.8) is 0 Å². The monoisotopic (exact) mass is 281 g/mol. The van der Waals surface area contributed by atoms with Gasteiger partial charge in [-0.15, -0.1) is 0 Å².